The number of hydrogen-bond donors (Lipinski definition) is 2. The molecule has 0 saturated carbocycles. The van der Waals surface area contributed by atoms with E-state index in [1.807, 2.05) is 12.1 Å². The number of benzene rings is 1. The van der Waals surface area contributed by atoms with Crippen LogP contribution in [0.4, 0.5) is 0 Å². The molecule has 1 amide bonds. The monoisotopic (exact) mass is 366 g/mol. The molecule has 0 radical (unpaired) electrons. The Bertz CT molecular complexity index is 547. The molecular weight excluding hydrogens is 344 g/mol. The first-order chi connectivity index (χ1) is 10.6. The molecule has 120 valence electrons. The number of nitrogens with zero attached hydrogens (tertiary/aromatic N) is 2. The maximum atomic E-state index is 11.1. The van der Waals surface area contributed by atoms with Gasteiger partial charge in [0, 0.05) is 37.6 Å². The van der Waals surface area contributed by atoms with E-state index in [-0.39, 0.29) is 5.91 Å². The van der Waals surface area contributed by atoms with Gasteiger partial charge in [0.15, 0.2) is 5.96 Å². The zero-order chi connectivity index (χ0) is 15.9. The predicted molar refractivity (Wildman–Crippen MR) is 92.4 cm³/mol. The summed E-state index contributed by atoms with van der Waals surface area (Å²) in [5, 5.41) is 3.40. The molecular formula is C16H23BrN4O. The zero-order valence-electron chi connectivity index (χ0n) is 12.9. The Hall–Kier alpha value is -1.56. The van der Waals surface area contributed by atoms with E-state index in [1.165, 1.54) is 5.56 Å². The van der Waals surface area contributed by atoms with Crippen LogP contribution in [0, 0.1) is 5.92 Å². The van der Waals surface area contributed by atoms with Gasteiger partial charge in [-0.1, -0.05) is 28.1 Å². The smallest absolute Gasteiger partial charge is 0.217 e. The van der Waals surface area contributed by atoms with E-state index in [4.69, 9.17) is 5.73 Å². The fourth-order valence-corrected chi connectivity index (χ4v) is 3.32. The van der Waals surface area contributed by atoms with Crippen LogP contribution < -0.4 is 11.1 Å². The Morgan fingerprint density at radius 2 is 2.36 bits per heavy atom. The van der Waals surface area contributed by atoms with E-state index < -0.39 is 0 Å². The lowest BCUT2D eigenvalue weighted by Gasteiger charge is -2.34. The molecule has 1 aliphatic rings. The number of halogens is 1. The number of amides is 1. The van der Waals surface area contributed by atoms with Crippen molar-refractivity contribution in [3.8, 4) is 0 Å². The molecule has 1 saturated heterocycles. The average molecular weight is 367 g/mol. The molecule has 1 aromatic rings. The number of aliphatic imine (C=N–C) groups is 1. The third-order valence-corrected chi connectivity index (χ3v) is 4.35. The van der Waals surface area contributed by atoms with Crippen LogP contribution in [-0.2, 0) is 11.3 Å². The summed E-state index contributed by atoms with van der Waals surface area (Å²) in [5.74, 6) is 0.994. The second kappa shape index (κ2) is 8.17. The summed E-state index contributed by atoms with van der Waals surface area (Å²) in [5.41, 5.74) is 6.51. The zero-order valence-corrected chi connectivity index (χ0v) is 14.5. The van der Waals surface area contributed by atoms with Crippen LogP contribution in [0.1, 0.15) is 24.8 Å². The summed E-state index contributed by atoms with van der Waals surface area (Å²) in [6.07, 6.45) is 2.58. The van der Waals surface area contributed by atoms with Crippen molar-refractivity contribution in [2.45, 2.75) is 25.8 Å². The standard InChI is InChI=1S/C16H23BrN4O/c1-19-16(20-10-12-4-2-6-14(17)8-12)21-7-3-5-13(11-21)9-15(18)22/h2,4,6,8,13H,3,5,7,9-11H2,1H3,(H2,18,22)(H,19,20). The van der Waals surface area contributed by atoms with Gasteiger partial charge in [-0.25, -0.2) is 0 Å². The van der Waals surface area contributed by atoms with Crippen molar-refractivity contribution in [3.05, 3.63) is 34.3 Å². The Morgan fingerprint density at radius 3 is 3.05 bits per heavy atom. The van der Waals surface area contributed by atoms with Crippen molar-refractivity contribution < 1.29 is 4.79 Å². The average Bonchev–Trinajstić information content (AvgIpc) is 2.48. The minimum Gasteiger partial charge on any atom is -0.370 e. The molecule has 1 aromatic carbocycles. The molecule has 2 rings (SSSR count). The maximum Gasteiger partial charge on any atom is 0.217 e. The minimum atomic E-state index is -0.219. The van der Waals surface area contributed by atoms with E-state index >= 15 is 0 Å². The molecule has 1 unspecified atom stereocenters. The van der Waals surface area contributed by atoms with Crippen molar-refractivity contribution >= 4 is 27.8 Å². The molecule has 1 atom stereocenters. The highest BCUT2D eigenvalue weighted by Crippen LogP contribution is 2.19. The fourth-order valence-electron chi connectivity index (χ4n) is 2.87. The third kappa shape index (κ3) is 5.02. The predicted octanol–water partition coefficient (Wildman–Crippen LogP) is 2.11. The van der Waals surface area contributed by atoms with Gasteiger partial charge >= 0.3 is 0 Å². The first-order valence-electron chi connectivity index (χ1n) is 7.57. The van der Waals surface area contributed by atoms with E-state index in [0.29, 0.717) is 12.3 Å². The molecule has 1 fully saturated rings. The number of rotatable bonds is 4. The van der Waals surface area contributed by atoms with Gasteiger partial charge in [-0.2, -0.15) is 0 Å². The lowest BCUT2D eigenvalue weighted by molar-refractivity contribution is -0.119. The molecule has 6 heteroatoms. The van der Waals surface area contributed by atoms with Crippen molar-refractivity contribution in [1.29, 1.82) is 0 Å². The van der Waals surface area contributed by atoms with E-state index in [1.54, 1.807) is 7.05 Å². The molecule has 22 heavy (non-hydrogen) atoms. The van der Waals surface area contributed by atoms with E-state index in [2.05, 4.69) is 43.3 Å². The van der Waals surface area contributed by atoms with Gasteiger partial charge in [0.05, 0.1) is 0 Å². The van der Waals surface area contributed by atoms with Gasteiger partial charge < -0.3 is 16.0 Å². The largest absolute Gasteiger partial charge is 0.370 e. The Kier molecular flexibility index (Phi) is 6.24. The van der Waals surface area contributed by atoms with Crippen molar-refractivity contribution in [2.24, 2.45) is 16.6 Å². The quantitative estimate of drug-likeness (QED) is 0.633. The number of likely N-dealkylation sites (tertiary alicyclic amines) is 1. The number of nitrogens with two attached hydrogens (primary N) is 1. The SMILES string of the molecule is CN=C(NCc1cccc(Br)c1)N1CCCC(CC(N)=O)C1. The topological polar surface area (TPSA) is 70.7 Å². The summed E-state index contributed by atoms with van der Waals surface area (Å²) in [6.45, 7) is 2.53. The summed E-state index contributed by atoms with van der Waals surface area (Å²) >= 11 is 3.48. The van der Waals surface area contributed by atoms with Crippen LogP contribution in [0.2, 0.25) is 0 Å². The molecule has 0 aromatic heterocycles. The van der Waals surface area contributed by atoms with Gasteiger partial charge in [-0.15, -0.1) is 0 Å². The van der Waals surface area contributed by atoms with Crippen molar-refractivity contribution in [1.82, 2.24) is 10.2 Å². The Labute approximate surface area is 140 Å². The molecule has 0 bridgehead atoms. The molecule has 3 N–H and O–H groups in total. The van der Waals surface area contributed by atoms with Crippen LogP contribution in [0.3, 0.4) is 0 Å². The van der Waals surface area contributed by atoms with E-state index in [0.717, 1.165) is 42.9 Å². The maximum absolute atomic E-state index is 11.1. The van der Waals surface area contributed by atoms with Crippen molar-refractivity contribution in [3.63, 3.8) is 0 Å². The van der Waals surface area contributed by atoms with Gasteiger partial charge in [0.1, 0.15) is 0 Å². The summed E-state index contributed by atoms with van der Waals surface area (Å²) in [6, 6.07) is 8.20. The highest BCUT2D eigenvalue weighted by Gasteiger charge is 2.23. The number of carbonyl (C=O) groups is 1. The number of piperidine rings is 1. The molecule has 1 aliphatic heterocycles. The lowest BCUT2D eigenvalue weighted by Crippen LogP contribution is -2.46. The Morgan fingerprint density at radius 1 is 1.55 bits per heavy atom. The number of nitrogens with one attached hydrogen (secondary N) is 1. The fraction of sp³-hybridized carbons (Fsp3) is 0.500. The second-order valence-electron chi connectivity index (χ2n) is 5.66. The first-order valence-corrected chi connectivity index (χ1v) is 8.36. The summed E-state index contributed by atoms with van der Waals surface area (Å²) in [7, 11) is 1.79. The third-order valence-electron chi connectivity index (χ3n) is 3.86. The number of carbonyl (C=O) groups excluding carboxylic acids is 1. The highest BCUT2D eigenvalue weighted by atomic mass is 79.9. The minimum absolute atomic E-state index is 0.219. The normalized spacial score (nSPS) is 19.1. The van der Waals surface area contributed by atoms with Crippen LogP contribution in [0.25, 0.3) is 0 Å². The number of primary amides is 1. The Balaban J connectivity index is 1.92. The van der Waals surface area contributed by atoms with Gasteiger partial charge in [-0.3, -0.25) is 9.79 Å². The van der Waals surface area contributed by atoms with Crippen LogP contribution in [-0.4, -0.2) is 36.9 Å². The molecule has 0 aliphatic carbocycles. The van der Waals surface area contributed by atoms with Gasteiger partial charge in [-0.05, 0) is 36.5 Å². The van der Waals surface area contributed by atoms with Gasteiger partial charge in [0.25, 0.3) is 0 Å². The van der Waals surface area contributed by atoms with Crippen LogP contribution >= 0.6 is 15.9 Å². The molecule has 0 spiro atoms. The van der Waals surface area contributed by atoms with E-state index in [9.17, 15) is 4.79 Å². The van der Waals surface area contributed by atoms with Crippen LogP contribution in [0.5, 0.6) is 0 Å². The number of guanidine groups is 1. The van der Waals surface area contributed by atoms with Gasteiger partial charge in [0.2, 0.25) is 5.91 Å². The molecule has 5 nitrogen and oxygen atoms in total. The second-order valence-corrected chi connectivity index (χ2v) is 6.57. The highest BCUT2D eigenvalue weighted by molar-refractivity contribution is 9.10. The summed E-state index contributed by atoms with van der Waals surface area (Å²) < 4.78 is 1.07. The molecule has 1 heterocycles. The van der Waals surface area contributed by atoms with Crippen LogP contribution in [0.15, 0.2) is 33.7 Å². The first kappa shape index (κ1) is 16.8. The van der Waals surface area contributed by atoms with Crippen molar-refractivity contribution in [2.75, 3.05) is 20.1 Å². The lowest BCUT2D eigenvalue weighted by atomic mass is 9.95. The summed E-state index contributed by atoms with van der Waals surface area (Å²) in [4.78, 5) is 17.7. The number of hydrogen-bond acceptors (Lipinski definition) is 2.